The molecular weight excluding hydrogens is 118 g/mol. The minimum Gasteiger partial charge on any atom is -0.511 e. The molecule has 0 amide bonds. The molecule has 0 saturated heterocycles. The number of hydrogen-bond donors (Lipinski definition) is 2. The Kier molecular flexibility index (Phi) is 1.85. The second-order valence-electron chi connectivity index (χ2n) is 1.99. The topological polar surface area (TPSA) is 49.3 Å². The van der Waals surface area contributed by atoms with Gasteiger partial charge in [-0.1, -0.05) is 0 Å². The number of aldehydes is 1. The van der Waals surface area contributed by atoms with E-state index in [1.807, 2.05) is 0 Å². The first-order chi connectivity index (χ1) is 4.34. The van der Waals surface area contributed by atoms with Crippen molar-refractivity contribution in [3.05, 3.63) is 11.8 Å². The summed E-state index contributed by atoms with van der Waals surface area (Å²) in [7, 11) is 0. The Balaban J connectivity index is 2.60. The van der Waals surface area contributed by atoms with Gasteiger partial charge in [0.15, 0.2) is 0 Å². The van der Waals surface area contributed by atoms with Gasteiger partial charge >= 0.3 is 0 Å². The van der Waals surface area contributed by atoms with Crippen molar-refractivity contribution in [2.24, 2.45) is 0 Å². The van der Waals surface area contributed by atoms with Crippen molar-refractivity contribution in [2.45, 2.75) is 12.5 Å². The average Bonchev–Trinajstić information content (AvgIpc) is 1.89. The summed E-state index contributed by atoms with van der Waals surface area (Å²) in [6, 6.07) is -0.459. The van der Waals surface area contributed by atoms with E-state index in [-0.39, 0.29) is 5.76 Å². The minimum atomic E-state index is -0.459. The Morgan fingerprint density at radius 1 is 1.89 bits per heavy atom. The van der Waals surface area contributed by atoms with Gasteiger partial charge in [0.2, 0.25) is 0 Å². The van der Waals surface area contributed by atoms with E-state index < -0.39 is 6.04 Å². The van der Waals surface area contributed by atoms with Gasteiger partial charge in [0.25, 0.3) is 0 Å². The summed E-state index contributed by atoms with van der Waals surface area (Å²) in [5, 5.41) is 11.8. The van der Waals surface area contributed by atoms with Crippen molar-refractivity contribution in [1.82, 2.24) is 5.32 Å². The van der Waals surface area contributed by atoms with Crippen LogP contribution in [0, 0.1) is 0 Å². The Hall–Kier alpha value is -0.830. The molecule has 0 saturated carbocycles. The molecule has 1 aliphatic heterocycles. The molecule has 1 aliphatic rings. The molecule has 9 heavy (non-hydrogen) atoms. The lowest BCUT2D eigenvalue weighted by Crippen LogP contribution is -2.35. The van der Waals surface area contributed by atoms with E-state index in [1.54, 1.807) is 6.08 Å². The lowest BCUT2D eigenvalue weighted by atomic mass is 10.1. The Bertz CT molecular complexity index is 142. The van der Waals surface area contributed by atoms with E-state index in [1.165, 1.54) is 0 Å². The molecular formula is C6H9NO2. The number of rotatable bonds is 1. The van der Waals surface area contributed by atoms with Crippen molar-refractivity contribution in [3.63, 3.8) is 0 Å². The van der Waals surface area contributed by atoms with Crippen LogP contribution in [0.1, 0.15) is 6.42 Å². The van der Waals surface area contributed by atoms with Crippen molar-refractivity contribution in [3.8, 4) is 0 Å². The zero-order valence-corrected chi connectivity index (χ0v) is 5.00. The molecule has 0 aromatic heterocycles. The largest absolute Gasteiger partial charge is 0.511 e. The van der Waals surface area contributed by atoms with Crippen LogP contribution in [0.25, 0.3) is 0 Å². The molecule has 0 spiro atoms. The highest BCUT2D eigenvalue weighted by Gasteiger charge is 2.13. The fourth-order valence-corrected chi connectivity index (χ4v) is 0.808. The van der Waals surface area contributed by atoms with Crippen LogP contribution in [0.15, 0.2) is 11.8 Å². The predicted octanol–water partition coefficient (Wildman–Crippen LogP) is -0.0109. The third-order valence-electron chi connectivity index (χ3n) is 1.32. The van der Waals surface area contributed by atoms with Crippen molar-refractivity contribution in [2.75, 3.05) is 6.54 Å². The fourth-order valence-electron chi connectivity index (χ4n) is 0.808. The maximum absolute atomic E-state index is 10.1. The molecule has 0 bridgehead atoms. The smallest absolute Gasteiger partial charge is 0.144 e. The van der Waals surface area contributed by atoms with E-state index in [2.05, 4.69) is 5.32 Å². The maximum atomic E-state index is 10.1. The van der Waals surface area contributed by atoms with Gasteiger partial charge in [-0.25, -0.2) is 0 Å². The van der Waals surface area contributed by atoms with Gasteiger partial charge < -0.3 is 15.2 Å². The summed E-state index contributed by atoms with van der Waals surface area (Å²) >= 11 is 0. The van der Waals surface area contributed by atoms with Crippen LogP contribution in [0.2, 0.25) is 0 Å². The van der Waals surface area contributed by atoms with Crippen LogP contribution in [-0.4, -0.2) is 24.0 Å². The standard InChI is InChI=1S/C6H9NO2/c8-4-5-6(9)2-1-3-7-5/h2,4-5,7,9H,1,3H2. The van der Waals surface area contributed by atoms with Crippen LogP contribution >= 0.6 is 0 Å². The molecule has 1 atom stereocenters. The van der Waals surface area contributed by atoms with E-state index >= 15 is 0 Å². The predicted molar refractivity (Wildman–Crippen MR) is 33.2 cm³/mol. The van der Waals surface area contributed by atoms with Crippen LogP contribution in [0.4, 0.5) is 0 Å². The maximum Gasteiger partial charge on any atom is 0.144 e. The van der Waals surface area contributed by atoms with Gasteiger partial charge in [-0.05, 0) is 19.0 Å². The third kappa shape index (κ3) is 1.29. The lowest BCUT2D eigenvalue weighted by Gasteiger charge is -2.15. The number of aliphatic hydroxyl groups excluding tert-OH is 1. The van der Waals surface area contributed by atoms with Gasteiger partial charge in [-0.2, -0.15) is 0 Å². The van der Waals surface area contributed by atoms with Gasteiger partial charge in [-0.15, -0.1) is 0 Å². The second kappa shape index (κ2) is 2.64. The molecule has 1 rings (SSSR count). The normalized spacial score (nSPS) is 27.1. The van der Waals surface area contributed by atoms with Crippen LogP contribution in [-0.2, 0) is 4.79 Å². The monoisotopic (exact) mass is 127 g/mol. The molecule has 1 heterocycles. The SMILES string of the molecule is O=CC1NCCC=C1O. The highest BCUT2D eigenvalue weighted by Crippen LogP contribution is 2.02. The first-order valence-electron chi connectivity index (χ1n) is 2.92. The van der Waals surface area contributed by atoms with Crippen molar-refractivity contribution in [1.29, 1.82) is 0 Å². The highest BCUT2D eigenvalue weighted by atomic mass is 16.3. The summed E-state index contributed by atoms with van der Waals surface area (Å²) in [6.07, 6.45) is 3.16. The van der Waals surface area contributed by atoms with Crippen molar-refractivity contribution >= 4 is 6.29 Å². The average molecular weight is 127 g/mol. The zero-order chi connectivity index (χ0) is 6.69. The Labute approximate surface area is 53.4 Å². The summed E-state index contributed by atoms with van der Waals surface area (Å²) in [5.74, 6) is 0.149. The number of aliphatic hydroxyl groups is 1. The summed E-state index contributed by atoms with van der Waals surface area (Å²) in [6.45, 7) is 0.771. The molecule has 3 nitrogen and oxygen atoms in total. The second-order valence-corrected chi connectivity index (χ2v) is 1.99. The molecule has 3 heteroatoms. The summed E-state index contributed by atoms with van der Waals surface area (Å²) in [4.78, 5) is 10.1. The van der Waals surface area contributed by atoms with Crippen LogP contribution in [0.5, 0.6) is 0 Å². The molecule has 0 aromatic carbocycles. The Morgan fingerprint density at radius 3 is 3.11 bits per heavy atom. The first kappa shape index (κ1) is 6.29. The van der Waals surface area contributed by atoms with Crippen LogP contribution < -0.4 is 5.32 Å². The number of carbonyl (C=O) groups is 1. The Morgan fingerprint density at radius 2 is 2.67 bits per heavy atom. The van der Waals surface area contributed by atoms with E-state index in [4.69, 9.17) is 5.11 Å². The molecule has 0 aromatic rings. The number of hydrogen-bond acceptors (Lipinski definition) is 3. The lowest BCUT2D eigenvalue weighted by molar-refractivity contribution is -0.109. The van der Waals surface area contributed by atoms with E-state index in [0.717, 1.165) is 13.0 Å². The molecule has 50 valence electrons. The zero-order valence-electron chi connectivity index (χ0n) is 5.00. The quantitative estimate of drug-likeness (QED) is 0.487. The molecule has 0 aliphatic carbocycles. The van der Waals surface area contributed by atoms with Gasteiger partial charge in [0.1, 0.15) is 18.1 Å². The van der Waals surface area contributed by atoms with Gasteiger partial charge in [-0.3, -0.25) is 0 Å². The minimum absolute atomic E-state index is 0.149. The summed E-state index contributed by atoms with van der Waals surface area (Å²) in [5.41, 5.74) is 0. The molecule has 0 radical (unpaired) electrons. The van der Waals surface area contributed by atoms with E-state index in [9.17, 15) is 4.79 Å². The highest BCUT2D eigenvalue weighted by molar-refractivity contribution is 5.62. The summed E-state index contributed by atoms with van der Waals surface area (Å²) < 4.78 is 0. The third-order valence-corrected chi connectivity index (χ3v) is 1.32. The number of nitrogens with one attached hydrogen (secondary N) is 1. The number of carbonyl (C=O) groups excluding carboxylic acids is 1. The van der Waals surface area contributed by atoms with Gasteiger partial charge in [0, 0.05) is 0 Å². The van der Waals surface area contributed by atoms with Crippen LogP contribution in [0.3, 0.4) is 0 Å². The van der Waals surface area contributed by atoms with Gasteiger partial charge in [0.05, 0.1) is 0 Å². The molecule has 0 fully saturated rings. The fraction of sp³-hybridized carbons (Fsp3) is 0.500. The first-order valence-corrected chi connectivity index (χ1v) is 2.92. The molecule has 2 N–H and O–H groups in total. The van der Waals surface area contributed by atoms with E-state index in [0.29, 0.717) is 6.29 Å². The molecule has 1 unspecified atom stereocenters. The van der Waals surface area contributed by atoms with Crippen molar-refractivity contribution < 1.29 is 9.90 Å².